The van der Waals surface area contributed by atoms with Crippen LogP contribution in [-0.2, 0) is 12.3 Å². The zero-order valence-corrected chi connectivity index (χ0v) is 16.1. The van der Waals surface area contributed by atoms with E-state index < -0.39 is 0 Å². The fourth-order valence-corrected chi connectivity index (χ4v) is 3.49. The van der Waals surface area contributed by atoms with Crippen molar-refractivity contribution < 1.29 is 9.53 Å². The fourth-order valence-electron chi connectivity index (χ4n) is 2.65. The highest BCUT2D eigenvalue weighted by Crippen LogP contribution is 2.28. The van der Waals surface area contributed by atoms with Gasteiger partial charge < -0.3 is 4.74 Å². The Morgan fingerprint density at radius 3 is 2.85 bits per heavy atom. The van der Waals surface area contributed by atoms with E-state index in [0.29, 0.717) is 12.2 Å². The second kappa shape index (κ2) is 9.19. The smallest absolute Gasteiger partial charge is 0.203 e. The average molecular weight is 379 g/mol. The molecule has 138 valence electrons. The van der Waals surface area contributed by atoms with Crippen molar-refractivity contribution >= 4 is 23.6 Å². The van der Waals surface area contributed by atoms with Gasteiger partial charge in [0, 0.05) is 30.3 Å². The molecule has 0 saturated carbocycles. The number of aromatic nitrogens is 3. The normalized spacial score (nSPS) is 11.0. The Bertz CT molecular complexity index is 936. The number of rotatable bonds is 8. The minimum Gasteiger partial charge on any atom is -0.496 e. The summed E-state index contributed by atoms with van der Waals surface area (Å²) < 4.78 is 7.16. The van der Waals surface area contributed by atoms with Gasteiger partial charge in [-0.15, -0.1) is 11.8 Å². The van der Waals surface area contributed by atoms with Crippen molar-refractivity contribution in [3.63, 3.8) is 0 Å². The lowest BCUT2D eigenvalue weighted by molar-refractivity contribution is 0.103. The summed E-state index contributed by atoms with van der Waals surface area (Å²) in [6.07, 6.45) is 6.83. The second-order valence-electron chi connectivity index (χ2n) is 5.76. The van der Waals surface area contributed by atoms with Gasteiger partial charge in [0.1, 0.15) is 11.4 Å². The Kier molecular flexibility index (Phi) is 6.44. The molecule has 0 atom stereocenters. The SMILES string of the molecule is CCn1nccc1C(=O)/C=C/c1ccc(OC)c(CSc2ccccn2)c1. The number of methoxy groups -OCH3 is 1. The lowest BCUT2D eigenvalue weighted by atomic mass is 10.1. The van der Waals surface area contributed by atoms with E-state index in [1.54, 1.807) is 48.1 Å². The van der Waals surface area contributed by atoms with Crippen molar-refractivity contribution in [2.45, 2.75) is 24.2 Å². The van der Waals surface area contributed by atoms with Crippen LogP contribution < -0.4 is 4.74 Å². The number of hydrogen-bond acceptors (Lipinski definition) is 5. The van der Waals surface area contributed by atoms with Gasteiger partial charge in [-0.2, -0.15) is 5.10 Å². The molecule has 0 aliphatic rings. The molecular weight excluding hydrogens is 358 g/mol. The number of nitrogens with zero attached hydrogens (tertiary/aromatic N) is 3. The number of hydrogen-bond donors (Lipinski definition) is 0. The van der Waals surface area contributed by atoms with Crippen LogP contribution in [0.25, 0.3) is 6.08 Å². The van der Waals surface area contributed by atoms with Gasteiger partial charge in [0.2, 0.25) is 5.78 Å². The van der Waals surface area contributed by atoms with E-state index in [1.165, 1.54) is 0 Å². The molecule has 0 N–H and O–H groups in total. The lowest BCUT2D eigenvalue weighted by Gasteiger charge is -2.09. The molecule has 3 aromatic rings. The summed E-state index contributed by atoms with van der Waals surface area (Å²) in [6.45, 7) is 2.63. The third-order valence-electron chi connectivity index (χ3n) is 4.01. The summed E-state index contributed by atoms with van der Waals surface area (Å²) in [5.41, 5.74) is 2.60. The van der Waals surface area contributed by atoms with E-state index in [4.69, 9.17) is 4.74 Å². The molecule has 27 heavy (non-hydrogen) atoms. The first-order chi connectivity index (χ1) is 13.2. The minimum atomic E-state index is -0.0606. The molecule has 5 nitrogen and oxygen atoms in total. The molecule has 6 heteroatoms. The van der Waals surface area contributed by atoms with Crippen LogP contribution in [0, 0.1) is 0 Å². The number of carbonyl (C=O) groups excluding carboxylic acids is 1. The number of ether oxygens (including phenoxy) is 1. The van der Waals surface area contributed by atoms with Crippen molar-refractivity contribution in [2.24, 2.45) is 0 Å². The Morgan fingerprint density at radius 1 is 1.22 bits per heavy atom. The molecule has 1 aromatic carbocycles. The number of ketones is 1. The third-order valence-corrected chi connectivity index (χ3v) is 5.01. The highest BCUT2D eigenvalue weighted by Gasteiger charge is 2.09. The van der Waals surface area contributed by atoms with E-state index in [9.17, 15) is 4.79 Å². The van der Waals surface area contributed by atoms with Crippen molar-refractivity contribution in [2.75, 3.05) is 7.11 Å². The third kappa shape index (κ3) is 4.86. The van der Waals surface area contributed by atoms with Gasteiger partial charge in [-0.1, -0.05) is 18.2 Å². The second-order valence-corrected chi connectivity index (χ2v) is 6.75. The van der Waals surface area contributed by atoms with Crippen LogP contribution >= 0.6 is 11.8 Å². The fraction of sp³-hybridized carbons (Fsp3) is 0.190. The van der Waals surface area contributed by atoms with Crippen LogP contribution in [0.15, 0.2) is 66.0 Å². The summed E-state index contributed by atoms with van der Waals surface area (Å²) >= 11 is 1.65. The quantitative estimate of drug-likeness (QED) is 0.328. The van der Waals surface area contributed by atoms with Crippen LogP contribution in [0.1, 0.15) is 28.5 Å². The van der Waals surface area contributed by atoms with Crippen molar-refractivity contribution in [3.05, 3.63) is 77.8 Å². The maximum atomic E-state index is 12.4. The number of benzene rings is 1. The number of carbonyl (C=O) groups is 1. The molecule has 0 fully saturated rings. The summed E-state index contributed by atoms with van der Waals surface area (Å²) in [4.78, 5) is 16.7. The number of pyridine rings is 1. The highest BCUT2D eigenvalue weighted by atomic mass is 32.2. The van der Waals surface area contributed by atoms with E-state index in [2.05, 4.69) is 10.1 Å². The lowest BCUT2D eigenvalue weighted by Crippen LogP contribution is -2.07. The molecule has 3 rings (SSSR count). The molecule has 0 amide bonds. The summed E-state index contributed by atoms with van der Waals surface area (Å²) in [6, 6.07) is 13.5. The minimum absolute atomic E-state index is 0.0606. The molecule has 0 radical (unpaired) electrons. The number of aryl methyl sites for hydroxylation is 1. The molecule has 0 aliphatic heterocycles. The van der Waals surface area contributed by atoms with Gasteiger partial charge in [-0.25, -0.2) is 4.98 Å². The van der Waals surface area contributed by atoms with E-state index >= 15 is 0 Å². The Labute approximate surface area is 163 Å². The van der Waals surface area contributed by atoms with E-state index in [-0.39, 0.29) is 5.78 Å². The topological polar surface area (TPSA) is 57.0 Å². The molecule has 0 aliphatic carbocycles. The monoisotopic (exact) mass is 379 g/mol. The standard InChI is InChI=1S/C21H21N3O2S/c1-3-24-18(11-13-23-24)19(25)9-7-16-8-10-20(26-2)17(14-16)15-27-21-6-4-5-12-22-21/h4-14H,3,15H2,1-2H3/b9-7+. The van der Waals surface area contributed by atoms with Gasteiger partial charge in [0.15, 0.2) is 0 Å². The molecule has 0 saturated heterocycles. The van der Waals surface area contributed by atoms with E-state index in [1.807, 2.05) is 49.4 Å². The van der Waals surface area contributed by atoms with Crippen molar-refractivity contribution in [1.29, 1.82) is 0 Å². The zero-order chi connectivity index (χ0) is 19.1. The first kappa shape index (κ1) is 18.9. The summed E-state index contributed by atoms with van der Waals surface area (Å²) in [7, 11) is 1.66. The first-order valence-electron chi connectivity index (χ1n) is 8.66. The van der Waals surface area contributed by atoms with Crippen LogP contribution in [-0.4, -0.2) is 27.7 Å². The predicted molar refractivity (Wildman–Crippen MR) is 108 cm³/mol. The molecular formula is C21H21N3O2S. The van der Waals surface area contributed by atoms with Crippen LogP contribution in [0.2, 0.25) is 0 Å². The molecule has 0 bridgehead atoms. The van der Waals surface area contributed by atoms with Crippen molar-refractivity contribution in [3.8, 4) is 5.75 Å². The molecule has 2 heterocycles. The summed E-state index contributed by atoms with van der Waals surface area (Å²) in [5.74, 6) is 1.50. The average Bonchev–Trinajstić information content (AvgIpc) is 3.20. The molecule has 2 aromatic heterocycles. The van der Waals surface area contributed by atoms with E-state index in [0.717, 1.165) is 27.7 Å². The highest BCUT2D eigenvalue weighted by molar-refractivity contribution is 7.98. The van der Waals surface area contributed by atoms with Crippen molar-refractivity contribution in [1.82, 2.24) is 14.8 Å². The number of thioether (sulfide) groups is 1. The first-order valence-corrected chi connectivity index (χ1v) is 9.64. The Balaban J connectivity index is 1.75. The maximum Gasteiger partial charge on any atom is 0.203 e. The van der Waals surface area contributed by atoms with Gasteiger partial charge >= 0.3 is 0 Å². The van der Waals surface area contributed by atoms with Crippen LogP contribution in [0.3, 0.4) is 0 Å². The Morgan fingerprint density at radius 2 is 2.11 bits per heavy atom. The van der Waals surface area contributed by atoms with Gasteiger partial charge in [-0.3, -0.25) is 9.48 Å². The Hall–Kier alpha value is -2.86. The summed E-state index contributed by atoms with van der Waals surface area (Å²) in [5, 5.41) is 5.10. The van der Waals surface area contributed by atoms with Crippen LogP contribution in [0.5, 0.6) is 5.75 Å². The van der Waals surface area contributed by atoms with Crippen LogP contribution in [0.4, 0.5) is 0 Å². The largest absolute Gasteiger partial charge is 0.496 e. The molecule has 0 spiro atoms. The maximum absolute atomic E-state index is 12.4. The predicted octanol–water partition coefficient (Wildman–Crippen LogP) is 4.50. The van der Waals surface area contributed by atoms with Gasteiger partial charge in [0.05, 0.1) is 12.1 Å². The zero-order valence-electron chi connectivity index (χ0n) is 15.3. The molecule has 0 unspecified atom stereocenters. The van der Waals surface area contributed by atoms with Gasteiger partial charge in [0.25, 0.3) is 0 Å². The number of allylic oxidation sites excluding steroid dienone is 1. The van der Waals surface area contributed by atoms with Gasteiger partial charge in [-0.05, 0) is 48.9 Å².